The zero-order valence-corrected chi connectivity index (χ0v) is 14.4. The van der Waals surface area contributed by atoms with Crippen molar-refractivity contribution < 1.29 is 4.79 Å². The van der Waals surface area contributed by atoms with Crippen molar-refractivity contribution in [3.05, 3.63) is 70.8 Å². The molecule has 1 N–H and O–H groups in total. The van der Waals surface area contributed by atoms with Crippen molar-refractivity contribution in [1.82, 2.24) is 10.2 Å². The summed E-state index contributed by atoms with van der Waals surface area (Å²) in [5.41, 5.74) is 4.25. The van der Waals surface area contributed by atoms with Gasteiger partial charge in [0.15, 0.2) is 0 Å². The van der Waals surface area contributed by atoms with Crippen LogP contribution in [0.3, 0.4) is 0 Å². The molecular weight excluding hydrogens is 296 g/mol. The van der Waals surface area contributed by atoms with E-state index >= 15 is 0 Å². The van der Waals surface area contributed by atoms with Crippen LogP contribution < -0.4 is 5.32 Å². The number of benzene rings is 2. The SMILES string of the molecule is Cc1ccccc1C(=O)NCc1cccc(CN2CCCCC2)c1. The highest BCUT2D eigenvalue weighted by Gasteiger charge is 2.11. The first-order valence-corrected chi connectivity index (χ1v) is 8.86. The monoisotopic (exact) mass is 322 g/mol. The summed E-state index contributed by atoms with van der Waals surface area (Å²) in [6.45, 7) is 5.96. The fraction of sp³-hybridized carbons (Fsp3) is 0.381. The molecular formula is C21H26N2O. The van der Waals surface area contributed by atoms with Gasteiger partial charge in [0, 0.05) is 18.7 Å². The van der Waals surface area contributed by atoms with Gasteiger partial charge in [0.25, 0.3) is 5.91 Å². The highest BCUT2D eigenvalue weighted by atomic mass is 16.1. The lowest BCUT2D eigenvalue weighted by Crippen LogP contribution is -2.29. The average Bonchev–Trinajstić information content (AvgIpc) is 2.61. The van der Waals surface area contributed by atoms with E-state index in [0.29, 0.717) is 6.54 Å². The number of nitrogens with zero attached hydrogens (tertiary/aromatic N) is 1. The van der Waals surface area contributed by atoms with Crippen LogP contribution in [0.15, 0.2) is 48.5 Å². The summed E-state index contributed by atoms with van der Waals surface area (Å²) in [6, 6.07) is 16.3. The Balaban J connectivity index is 1.58. The minimum absolute atomic E-state index is 0.00506. The van der Waals surface area contributed by atoms with Gasteiger partial charge in [-0.1, -0.05) is 48.9 Å². The van der Waals surface area contributed by atoms with Crippen molar-refractivity contribution in [3.63, 3.8) is 0 Å². The third kappa shape index (κ3) is 4.45. The molecule has 2 aromatic carbocycles. The molecule has 0 aliphatic carbocycles. The highest BCUT2D eigenvalue weighted by Crippen LogP contribution is 2.14. The number of likely N-dealkylation sites (tertiary alicyclic amines) is 1. The number of carbonyl (C=O) groups excluding carboxylic acids is 1. The van der Waals surface area contributed by atoms with Crippen molar-refractivity contribution in [2.75, 3.05) is 13.1 Å². The van der Waals surface area contributed by atoms with Crippen LogP contribution in [0.2, 0.25) is 0 Å². The van der Waals surface area contributed by atoms with Gasteiger partial charge in [-0.3, -0.25) is 9.69 Å². The highest BCUT2D eigenvalue weighted by molar-refractivity contribution is 5.95. The summed E-state index contributed by atoms with van der Waals surface area (Å²) < 4.78 is 0. The van der Waals surface area contributed by atoms with Gasteiger partial charge in [-0.2, -0.15) is 0 Å². The quantitative estimate of drug-likeness (QED) is 0.905. The fourth-order valence-electron chi connectivity index (χ4n) is 3.32. The second-order valence-corrected chi connectivity index (χ2v) is 6.65. The first-order chi connectivity index (χ1) is 11.7. The predicted octanol–water partition coefficient (Wildman–Crippen LogP) is 3.91. The summed E-state index contributed by atoms with van der Waals surface area (Å²) in [5.74, 6) is -0.00506. The third-order valence-electron chi connectivity index (χ3n) is 4.69. The number of nitrogens with one attached hydrogen (secondary N) is 1. The van der Waals surface area contributed by atoms with E-state index in [1.54, 1.807) is 0 Å². The van der Waals surface area contributed by atoms with Gasteiger partial charge in [0.1, 0.15) is 0 Å². The van der Waals surface area contributed by atoms with Gasteiger partial charge < -0.3 is 5.32 Å². The number of rotatable bonds is 5. The molecule has 1 fully saturated rings. The van der Waals surface area contributed by atoms with Crippen LogP contribution in [0, 0.1) is 6.92 Å². The molecule has 3 nitrogen and oxygen atoms in total. The maximum atomic E-state index is 12.3. The van der Waals surface area contributed by atoms with Gasteiger partial charge in [-0.15, -0.1) is 0 Å². The minimum atomic E-state index is -0.00506. The molecule has 0 spiro atoms. The Hall–Kier alpha value is -2.13. The van der Waals surface area contributed by atoms with Crippen molar-refractivity contribution in [1.29, 1.82) is 0 Å². The third-order valence-corrected chi connectivity index (χ3v) is 4.69. The molecule has 0 unspecified atom stereocenters. The van der Waals surface area contributed by atoms with Crippen LogP contribution in [0.5, 0.6) is 0 Å². The van der Waals surface area contributed by atoms with Crippen LogP contribution in [0.4, 0.5) is 0 Å². The summed E-state index contributed by atoms with van der Waals surface area (Å²) >= 11 is 0. The number of hydrogen-bond donors (Lipinski definition) is 1. The second-order valence-electron chi connectivity index (χ2n) is 6.65. The standard InChI is InChI=1S/C21H26N2O/c1-17-8-3-4-11-20(17)21(24)22-15-18-9-7-10-19(14-18)16-23-12-5-2-6-13-23/h3-4,7-11,14H,2,5-6,12-13,15-16H2,1H3,(H,22,24). The van der Waals surface area contributed by atoms with E-state index in [4.69, 9.17) is 0 Å². The van der Waals surface area contributed by atoms with Crippen molar-refractivity contribution in [2.24, 2.45) is 0 Å². The smallest absolute Gasteiger partial charge is 0.251 e. The molecule has 24 heavy (non-hydrogen) atoms. The minimum Gasteiger partial charge on any atom is -0.348 e. The molecule has 0 saturated carbocycles. The predicted molar refractivity (Wildman–Crippen MR) is 97.9 cm³/mol. The Morgan fingerprint density at radius 3 is 2.54 bits per heavy atom. The van der Waals surface area contributed by atoms with Crippen molar-refractivity contribution in [2.45, 2.75) is 39.3 Å². The number of aryl methyl sites for hydroxylation is 1. The molecule has 0 bridgehead atoms. The van der Waals surface area contributed by atoms with Gasteiger partial charge in [0.2, 0.25) is 0 Å². The van der Waals surface area contributed by atoms with Gasteiger partial charge >= 0.3 is 0 Å². The maximum Gasteiger partial charge on any atom is 0.251 e. The van der Waals surface area contributed by atoms with E-state index in [0.717, 1.165) is 23.2 Å². The number of carbonyl (C=O) groups is 1. The fourth-order valence-corrected chi connectivity index (χ4v) is 3.32. The summed E-state index contributed by atoms with van der Waals surface area (Å²) in [5, 5.41) is 3.03. The molecule has 0 aromatic heterocycles. The zero-order valence-electron chi connectivity index (χ0n) is 14.4. The van der Waals surface area contributed by atoms with Crippen LogP contribution in [0.25, 0.3) is 0 Å². The topological polar surface area (TPSA) is 32.3 Å². The Morgan fingerprint density at radius 2 is 1.75 bits per heavy atom. The molecule has 1 aliphatic heterocycles. The molecule has 3 rings (SSSR count). The maximum absolute atomic E-state index is 12.3. The second kappa shape index (κ2) is 8.11. The van der Waals surface area contributed by atoms with Crippen molar-refractivity contribution >= 4 is 5.91 Å². The normalized spacial score (nSPS) is 15.2. The zero-order chi connectivity index (χ0) is 16.8. The average molecular weight is 322 g/mol. The summed E-state index contributed by atoms with van der Waals surface area (Å²) in [7, 11) is 0. The van der Waals surface area contributed by atoms with Crippen LogP contribution >= 0.6 is 0 Å². The molecule has 2 aromatic rings. The molecule has 1 saturated heterocycles. The summed E-state index contributed by atoms with van der Waals surface area (Å²) in [4.78, 5) is 14.8. The Kier molecular flexibility index (Phi) is 5.65. The van der Waals surface area contributed by atoms with E-state index in [1.807, 2.05) is 31.2 Å². The molecule has 1 heterocycles. The molecule has 0 atom stereocenters. The lowest BCUT2D eigenvalue weighted by Gasteiger charge is -2.26. The number of hydrogen-bond acceptors (Lipinski definition) is 2. The van der Waals surface area contributed by atoms with Gasteiger partial charge in [-0.25, -0.2) is 0 Å². The lowest BCUT2D eigenvalue weighted by atomic mass is 10.1. The lowest BCUT2D eigenvalue weighted by molar-refractivity contribution is 0.0950. The largest absolute Gasteiger partial charge is 0.348 e. The molecule has 3 heteroatoms. The van der Waals surface area contributed by atoms with E-state index in [-0.39, 0.29) is 5.91 Å². The van der Waals surface area contributed by atoms with Gasteiger partial charge in [-0.05, 0) is 55.6 Å². The van der Waals surface area contributed by atoms with Crippen LogP contribution in [0.1, 0.15) is 46.3 Å². The first-order valence-electron chi connectivity index (χ1n) is 8.86. The Bertz CT molecular complexity index is 690. The van der Waals surface area contributed by atoms with E-state index in [1.165, 1.54) is 37.9 Å². The van der Waals surface area contributed by atoms with Gasteiger partial charge in [0.05, 0.1) is 0 Å². The first kappa shape index (κ1) is 16.7. The van der Waals surface area contributed by atoms with Crippen molar-refractivity contribution in [3.8, 4) is 0 Å². The molecule has 1 amide bonds. The molecule has 0 radical (unpaired) electrons. The Labute approximate surface area is 144 Å². The summed E-state index contributed by atoms with van der Waals surface area (Å²) in [6.07, 6.45) is 3.99. The number of piperidine rings is 1. The van der Waals surface area contributed by atoms with Crippen LogP contribution in [-0.2, 0) is 13.1 Å². The van der Waals surface area contributed by atoms with Crippen LogP contribution in [-0.4, -0.2) is 23.9 Å². The van der Waals surface area contributed by atoms with E-state index in [9.17, 15) is 4.79 Å². The van der Waals surface area contributed by atoms with E-state index < -0.39 is 0 Å². The molecule has 1 aliphatic rings. The number of amides is 1. The van der Waals surface area contributed by atoms with E-state index in [2.05, 4.69) is 34.5 Å². The Morgan fingerprint density at radius 1 is 1.00 bits per heavy atom. The molecule has 126 valence electrons.